The van der Waals surface area contributed by atoms with Crippen LogP contribution in [0.5, 0.6) is 0 Å². The van der Waals surface area contributed by atoms with Crippen molar-refractivity contribution in [3.8, 4) is 0 Å². The molecule has 0 N–H and O–H groups in total. The van der Waals surface area contributed by atoms with E-state index >= 15 is 0 Å². The molecule has 2 aromatic rings. The van der Waals surface area contributed by atoms with E-state index in [0.717, 1.165) is 0 Å². The normalized spacial score (nSPS) is 10.7. The first-order valence-electron chi connectivity index (χ1n) is 3.76. The lowest BCUT2D eigenvalue weighted by Gasteiger charge is -2.00. The van der Waals surface area contributed by atoms with Gasteiger partial charge < -0.3 is 0 Å². The molecule has 0 saturated carbocycles. The largest absolute Gasteiger partial charge is 0.233 e. The Morgan fingerprint density at radius 1 is 1.31 bits per heavy atom. The topological polar surface area (TPSA) is 25.8 Å². The highest BCUT2D eigenvalue weighted by molar-refractivity contribution is 6.34. The van der Waals surface area contributed by atoms with E-state index in [9.17, 15) is 4.39 Å². The lowest BCUT2D eigenvalue weighted by molar-refractivity contribution is 0.629. The Bertz CT molecular complexity index is 465. The molecule has 0 aliphatic heterocycles. The van der Waals surface area contributed by atoms with E-state index in [1.54, 1.807) is 13.0 Å². The Hall–Kier alpha value is -1.22. The fraction of sp³-hybridized carbons (Fsp3) is 0.111. The Balaban J connectivity index is 2.86. The lowest BCUT2D eigenvalue weighted by atomic mass is 10.2. The van der Waals surface area contributed by atoms with Crippen molar-refractivity contribution in [2.75, 3.05) is 0 Å². The van der Waals surface area contributed by atoms with Gasteiger partial charge in [0, 0.05) is 11.5 Å². The first-order valence-corrected chi connectivity index (χ1v) is 4.14. The van der Waals surface area contributed by atoms with Crippen LogP contribution in [0, 0.1) is 12.7 Å². The predicted octanol–water partition coefficient (Wildman–Crippen LogP) is 2.73. The van der Waals surface area contributed by atoms with Gasteiger partial charge in [-0.05, 0) is 19.1 Å². The molecular formula is C9H6ClFN2. The van der Waals surface area contributed by atoms with Gasteiger partial charge in [0.1, 0.15) is 16.8 Å². The summed E-state index contributed by atoms with van der Waals surface area (Å²) in [4.78, 5) is 8.03. The van der Waals surface area contributed by atoms with E-state index in [4.69, 9.17) is 11.6 Å². The lowest BCUT2D eigenvalue weighted by Crippen LogP contribution is -1.90. The summed E-state index contributed by atoms with van der Waals surface area (Å²) in [6.45, 7) is 1.72. The zero-order valence-corrected chi connectivity index (χ0v) is 7.64. The van der Waals surface area contributed by atoms with Crippen molar-refractivity contribution in [2.24, 2.45) is 0 Å². The summed E-state index contributed by atoms with van der Waals surface area (Å²) in [7, 11) is 0. The zero-order valence-electron chi connectivity index (χ0n) is 6.88. The number of aryl methyl sites for hydroxylation is 1. The van der Waals surface area contributed by atoms with Gasteiger partial charge in [0.05, 0.1) is 5.52 Å². The van der Waals surface area contributed by atoms with Gasteiger partial charge in [-0.3, -0.25) is 0 Å². The molecule has 66 valence electrons. The van der Waals surface area contributed by atoms with E-state index in [1.807, 2.05) is 0 Å². The molecule has 1 aromatic carbocycles. The Morgan fingerprint density at radius 2 is 2.08 bits per heavy atom. The molecule has 2 rings (SSSR count). The van der Waals surface area contributed by atoms with E-state index in [-0.39, 0.29) is 5.82 Å². The molecule has 1 heterocycles. The number of benzene rings is 1. The van der Waals surface area contributed by atoms with Crippen molar-refractivity contribution in [1.82, 2.24) is 9.97 Å². The van der Waals surface area contributed by atoms with Crippen LogP contribution in [0.25, 0.3) is 10.9 Å². The SMILES string of the molecule is Cc1nc(Cl)c2ccc(F)cc2n1. The number of nitrogens with zero attached hydrogens (tertiary/aromatic N) is 2. The maximum Gasteiger partial charge on any atom is 0.140 e. The highest BCUT2D eigenvalue weighted by Crippen LogP contribution is 2.20. The summed E-state index contributed by atoms with van der Waals surface area (Å²) < 4.78 is 12.8. The molecule has 0 saturated heterocycles. The van der Waals surface area contributed by atoms with Crippen LogP contribution in [0.1, 0.15) is 5.82 Å². The van der Waals surface area contributed by atoms with Crippen LogP contribution < -0.4 is 0 Å². The van der Waals surface area contributed by atoms with Crippen LogP contribution in [0.2, 0.25) is 5.15 Å². The quantitative estimate of drug-likeness (QED) is 0.606. The monoisotopic (exact) mass is 196 g/mol. The maximum atomic E-state index is 12.8. The number of hydrogen-bond acceptors (Lipinski definition) is 2. The molecule has 0 atom stereocenters. The molecule has 13 heavy (non-hydrogen) atoms. The van der Waals surface area contributed by atoms with Gasteiger partial charge in [0.2, 0.25) is 0 Å². The van der Waals surface area contributed by atoms with E-state index in [2.05, 4.69) is 9.97 Å². The number of halogens is 2. The van der Waals surface area contributed by atoms with Crippen molar-refractivity contribution < 1.29 is 4.39 Å². The minimum absolute atomic E-state index is 0.318. The summed E-state index contributed by atoms with van der Waals surface area (Å²) in [6.07, 6.45) is 0. The van der Waals surface area contributed by atoms with Crippen molar-refractivity contribution >= 4 is 22.5 Å². The molecule has 0 radical (unpaired) electrons. The fourth-order valence-corrected chi connectivity index (χ4v) is 1.46. The minimum atomic E-state index is -0.318. The molecule has 0 unspecified atom stereocenters. The summed E-state index contributed by atoms with van der Waals surface area (Å²) in [6, 6.07) is 4.26. The van der Waals surface area contributed by atoms with Gasteiger partial charge >= 0.3 is 0 Å². The maximum absolute atomic E-state index is 12.8. The zero-order chi connectivity index (χ0) is 9.42. The third kappa shape index (κ3) is 1.47. The third-order valence-corrected chi connectivity index (χ3v) is 2.01. The Kier molecular flexibility index (Phi) is 1.88. The number of rotatable bonds is 0. The molecule has 0 fully saturated rings. The standard InChI is InChI=1S/C9H6ClFN2/c1-5-12-8-4-6(11)2-3-7(8)9(10)13-5/h2-4H,1H3. The first kappa shape index (κ1) is 8.38. The van der Waals surface area contributed by atoms with Crippen LogP contribution >= 0.6 is 11.6 Å². The second kappa shape index (κ2) is 2.92. The summed E-state index contributed by atoms with van der Waals surface area (Å²) >= 11 is 5.84. The van der Waals surface area contributed by atoms with Crippen molar-refractivity contribution in [3.05, 3.63) is 35.0 Å². The summed E-state index contributed by atoms with van der Waals surface area (Å²) in [5.74, 6) is 0.227. The first-order chi connectivity index (χ1) is 6.16. The highest BCUT2D eigenvalue weighted by atomic mass is 35.5. The Labute approximate surface area is 79.4 Å². The second-order valence-corrected chi connectivity index (χ2v) is 3.08. The van der Waals surface area contributed by atoms with Gasteiger partial charge in [-0.1, -0.05) is 11.6 Å². The van der Waals surface area contributed by atoms with Crippen LogP contribution in [0.3, 0.4) is 0 Å². The predicted molar refractivity (Wildman–Crippen MR) is 49.2 cm³/mol. The van der Waals surface area contributed by atoms with Gasteiger partial charge in [0.25, 0.3) is 0 Å². The number of fused-ring (bicyclic) bond motifs is 1. The van der Waals surface area contributed by atoms with Crippen molar-refractivity contribution in [2.45, 2.75) is 6.92 Å². The third-order valence-electron chi connectivity index (χ3n) is 1.72. The van der Waals surface area contributed by atoms with E-state index < -0.39 is 0 Å². The smallest absolute Gasteiger partial charge is 0.140 e. The number of aromatic nitrogens is 2. The minimum Gasteiger partial charge on any atom is -0.233 e. The molecule has 0 amide bonds. The molecule has 2 nitrogen and oxygen atoms in total. The van der Waals surface area contributed by atoms with Crippen molar-refractivity contribution in [3.63, 3.8) is 0 Å². The van der Waals surface area contributed by atoms with Gasteiger partial charge in [-0.15, -0.1) is 0 Å². The second-order valence-electron chi connectivity index (χ2n) is 2.72. The molecule has 0 bridgehead atoms. The van der Waals surface area contributed by atoms with E-state index in [1.165, 1.54) is 12.1 Å². The molecular weight excluding hydrogens is 191 g/mol. The average Bonchev–Trinajstić information content (AvgIpc) is 2.02. The van der Waals surface area contributed by atoms with E-state index in [0.29, 0.717) is 21.9 Å². The van der Waals surface area contributed by atoms with Gasteiger partial charge in [-0.25, -0.2) is 14.4 Å². The van der Waals surface area contributed by atoms with Gasteiger partial charge in [-0.2, -0.15) is 0 Å². The van der Waals surface area contributed by atoms with Crippen LogP contribution in [0.4, 0.5) is 4.39 Å². The molecule has 1 aromatic heterocycles. The molecule has 0 spiro atoms. The molecule has 0 aliphatic carbocycles. The number of hydrogen-bond donors (Lipinski definition) is 0. The average molecular weight is 197 g/mol. The van der Waals surface area contributed by atoms with Crippen LogP contribution in [0.15, 0.2) is 18.2 Å². The summed E-state index contributed by atoms with van der Waals surface area (Å²) in [5.41, 5.74) is 0.539. The van der Waals surface area contributed by atoms with Crippen LogP contribution in [-0.2, 0) is 0 Å². The highest BCUT2D eigenvalue weighted by Gasteiger charge is 2.03. The van der Waals surface area contributed by atoms with Crippen molar-refractivity contribution in [1.29, 1.82) is 0 Å². The molecule has 4 heteroatoms. The Morgan fingerprint density at radius 3 is 2.85 bits per heavy atom. The summed E-state index contributed by atoms with van der Waals surface area (Å²) in [5, 5.41) is 1.04. The van der Waals surface area contributed by atoms with Gasteiger partial charge in [0.15, 0.2) is 0 Å². The fourth-order valence-electron chi connectivity index (χ4n) is 1.17. The van der Waals surface area contributed by atoms with Crippen LogP contribution in [-0.4, -0.2) is 9.97 Å². The molecule has 0 aliphatic rings.